The molecular weight excluding hydrogens is 390 g/mol. The van der Waals surface area contributed by atoms with E-state index in [2.05, 4.69) is 37.3 Å². The van der Waals surface area contributed by atoms with E-state index in [4.69, 9.17) is 13.9 Å². The van der Waals surface area contributed by atoms with Gasteiger partial charge in [0.1, 0.15) is 11.3 Å². The fourth-order valence-corrected chi connectivity index (χ4v) is 4.03. The number of carbonyl (C=O) groups excluding carboxylic acids is 1. The van der Waals surface area contributed by atoms with E-state index in [1.165, 1.54) is 5.56 Å². The number of furan rings is 1. The Hall–Kier alpha value is -3.05. The first kappa shape index (κ1) is 21.2. The number of allylic oxidation sites excluding steroid dienone is 1. The van der Waals surface area contributed by atoms with E-state index in [9.17, 15) is 4.79 Å². The van der Waals surface area contributed by atoms with Crippen LogP contribution in [0.25, 0.3) is 27.7 Å². The fourth-order valence-electron chi connectivity index (χ4n) is 4.03. The molecule has 3 aromatic rings. The van der Waals surface area contributed by atoms with Gasteiger partial charge in [-0.1, -0.05) is 29.8 Å². The maximum Gasteiger partial charge on any atom is 0.247 e. The summed E-state index contributed by atoms with van der Waals surface area (Å²) in [6, 6.07) is 10.5. The summed E-state index contributed by atoms with van der Waals surface area (Å²) >= 11 is 0. The van der Waals surface area contributed by atoms with Crippen molar-refractivity contribution in [1.82, 2.24) is 4.90 Å². The van der Waals surface area contributed by atoms with Crippen molar-refractivity contribution in [2.75, 3.05) is 32.9 Å². The molecule has 0 saturated carbocycles. The molecule has 1 fully saturated rings. The van der Waals surface area contributed by atoms with Crippen LogP contribution in [0.3, 0.4) is 0 Å². The maximum atomic E-state index is 12.8. The molecule has 0 aliphatic carbocycles. The van der Waals surface area contributed by atoms with Crippen molar-refractivity contribution < 1.29 is 18.7 Å². The normalized spacial score (nSPS) is 14.8. The van der Waals surface area contributed by atoms with Crippen LogP contribution in [0.15, 0.2) is 47.1 Å². The number of carbonyl (C=O) groups is 1. The molecule has 0 radical (unpaired) electrons. The lowest BCUT2D eigenvalue weighted by atomic mass is 9.96. The first-order valence-electron chi connectivity index (χ1n) is 10.8. The predicted molar refractivity (Wildman–Crippen MR) is 123 cm³/mol. The minimum atomic E-state index is 0.00644. The molecule has 2 heterocycles. The molecule has 0 atom stereocenters. The van der Waals surface area contributed by atoms with E-state index in [1.54, 1.807) is 12.3 Å². The molecule has 1 saturated heterocycles. The summed E-state index contributed by atoms with van der Waals surface area (Å²) in [6.45, 7) is 11.0. The van der Waals surface area contributed by atoms with Crippen molar-refractivity contribution in [1.29, 1.82) is 0 Å². The number of fused-ring (bicyclic) bond motifs is 1. The molecule has 0 bridgehead atoms. The SMILES string of the molecule is CCOc1c(/C(C)=C/C(=O)N2CCOCC2)cc2c(-c3ccc(C)cc3)coc2c1C. The smallest absolute Gasteiger partial charge is 0.247 e. The molecule has 0 N–H and O–H groups in total. The number of hydrogen-bond donors (Lipinski definition) is 0. The van der Waals surface area contributed by atoms with Gasteiger partial charge in [0.15, 0.2) is 0 Å². The highest BCUT2D eigenvalue weighted by molar-refractivity contribution is 6.01. The molecule has 5 heteroatoms. The second-order valence-electron chi connectivity index (χ2n) is 7.97. The number of amides is 1. The van der Waals surface area contributed by atoms with Gasteiger partial charge in [-0.2, -0.15) is 0 Å². The summed E-state index contributed by atoms with van der Waals surface area (Å²) in [7, 11) is 0. The third kappa shape index (κ3) is 4.23. The standard InChI is InChI=1S/C26H29NO4/c1-5-30-25-19(4)26-22(23(16-31-26)20-8-6-17(2)7-9-20)15-21(25)18(3)14-24(28)27-10-12-29-13-11-27/h6-9,14-16H,5,10-13H2,1-4H3/b18-14+. The van der Waals surface area contributed by atoms with Crippen LogP contribution in [-0.4, -0.2) is 43.7 Å². The summed E-state index contributed by atoms with van der Waals surface area (Å²) in [5, 5.41) is 1.02. The van der Waals surface area contributed by atoms with Gasteiger partial charge in [0.2, 0.25) is 5.91 Å². The lowest BCUT2D eigenvalue weighted by Gasteiger charge is -2.26. The first-order valence-corrected chi connectivity index (χ1v) is 10.8. The van der Waals surface area contributed by atoms with E-state index < -0.39 is 0 Å². The highest BCUT2D eigenvalue weighted by Crippen LogP contribution is 2.40. The van der Waals surface area contributed by atoms with E-state index >= 15 is 0 Å². The van der Waals surface area contributed by atoms with Crippen LogP contribution in [0.4, 0.5) is 0 Å². The van der Waals surface area contributed by atoms with Gasteiger partial charge in [0.05, 0.1) is 26.1 Å². The van der Waals surface area contributed by atoms with Gasteiger partial charge in [0.25, 0.3) is 0 Å². The Bertz CT molecular complexity index is 1120. The minimum absolute atomic E-state index is 0.00644. The highest BCUT2D eigenvalue weighted by atomic mass is 16.5. The Morgan fingerprint density at radius 1 is 1.16 bits per heavy atom. The van der Waals surface area contributed by atoms with Gasteiger partial charge < -0.3 is 18.8 Å². The van der Waals surface area contributed by atoms with Crippen LogP contribution in [0.1, 0.15) is 30.5 Å². The highest BCUT2D eigenvalue weighted by Gasteiger charge is 2.20. The average Bonchev–Trinajstić information content (AvgIpc) is 3.21. The summed E-state index contributed by atoms with van der Waals surface area (Å²) in [4.78, 5) is 14.6. The number of ether oxygens (including phenoxy) is 2. The third-order valence-corrected chi connectivity index (χ3v) is 5.78. The van der Waals surface area contributed by atoms with Gasteiger partial charge in [-0.05, 0) is 44.9 Å². The Kier molecular flexibility index (Phi) is 6.14. The molecule has 0 spiro atoms. The van der Waals surface area contributed by atoms with Gasteiger partial charge in [0, 0.05) is 41.2 Å². The zero-order valence-electron chi connectivity index (χ0n) is 18.7. The number of rotatable bonds is 5. The molecule has 31 heavy (non-hydrogen) atoms. The summed E-state index contributed by atoms with van der Waals surface area (Å²) < 4.78 is 17.3. The van der Waals surface area contributed by atoms with Crippen LogP contribution in [-0.2, 0) is 9.53 Å². The molecule has 162 valence electrons. The zero-order chi connectivity index (χ0) is 22.0. The van der Waals surface area contributed by atoms with Crippen molar-refractivity contribution in [3.8, 4) is 16.9 Å². The van der Waals surface area contributed by atoms with E-state index in [0.717, 1.165) is 44.5 Å². The van der Waals surface area contributed by atoms with Gasteiger partial charge in [-0.25, -0.2) is 0 Å². The monoisotopic (exact) mass is 419 g/mol. The van der Waals surface area contributed by atoms with Gasteiger partial charge in [-0.3, -0.25) is 4.79 Å². The molecule has 0 unspecified atom stereocenters. The van der Waals surface area contributed by atoms with Crippen molar-refractivity contribution in [3.63, 3.8) is 0 Å². The summed E-state index contributed by atoms with van der Waals surface area (Å²) in [5.74, 6) is 0.773. The maximum absolute atomic E-state index is 12.8. The van der Waals surface area contributed by atoms with Gasteiger partial charge >= 0.3 is 0 Å². The predicted octanol–water partition coefficient (Wildman–Crippen LogP) is 5.38. The van der Waals surface area contributed by atoms with Crippen LogP contribution < -0.4 is 4.74 Å². The second-order valence-corrected chi connectivity index (χ2v) is 7.97. The summed E-state index contributed by atoms with van der Waals surface area (Å²) in [6.07, 6.45) is 3.51. The molecule has 1 aromatic heterocycles. The topological polar surface area (TPSA) is 51.9 Å². The quantitative estimate of drug-likeness (QED) is 0.521. The van der Waals surface area contributed by atoms with Gasteiger partial charge in [-0.15, -0.1) is 0 Å². The Balaban J connectivity index is 1.81. The zero-order valence-corrected chi connectivity index (χ0v) is 18.7. The number of aryl methyl sites for hydroxylation is 2. The van der Waals surface area contributed by atoms with E-state index in [1.807, 2.05) is 25.7 Å². The molecule has 4 rings (SSSR count). The Labute approximate surface area is 183 Å². The Morgan fingerprint density at radius 2 is 1.87 bits per heavy atom. The van der Waals surface area contributed by atoms with Crippen LogP contribution >= 0.6 is 0 Å². The number of hydrogen-bond acceptors (Lipinski definition) is 4. The Morgan fingerprint density at radius 3 is 2.55 bits per heavy atom. The van der Waals surface area contributed by atoms with Crippen LogP contribution in [0.5, 0.6) is 5.75 Å². The summed E-state index contributed by atoms with van der Waals surface area (Å²) in [5.41, 5.74) is 6.91. The minimum Gasteiger partial charge on any atom is -0.493 e. The molecule has 1 amide bonds. The van der Waals surface area contributed by atoms with Crippen LogP contribution in [0.2, 0.25) is 0 Å². The average molecular weight is 420 g/mol. The number of nitrogens with zero attached hydrogens (tertiary/aromatic N) is 1. The molecule has 2 aromatic carbocycles. The van der Waals surface area contributed by atoms with E-state index in [0.29, 0.717) is 32.9 Å². The van der Waals surface area contributed by atoms with Crippen molar-refractivity contribution >= 4 is 22.4 Å². The third-order valence-electron chi connectivity index (χ3n) is 5.78. The van der Waals surface area contributed by atoms with Crippen molar-refractivity contribution in [2.45, 2.75) is 27.7 Å². The molecule has 1 aliphatic heterocycles. The lowest BCUT2D eigenvalue weighted by Crippen LogP contribution is -2.39. The fraction of sp³-hybridized carbons (Fsp3) is 0.346. The van der Waals surface area contributed by atoms with Crippen LogP contribution in [0, 0.1) is 13.8 Å². The van der Waals surface area contributed by atoms with Crippen molar-refractivity contribution in [3.05, 3.63) is 59.4 Å². The molecular formula is C26H29NO4. The molecule has 5 nitrogen and oxygen atoms in total. The lowest BCUT2D eigenvalue weighted by molar-refractivity contribution is -0.129. The van der Waals surface area contributed by atoms with Crippen molar-refractivity contribution in [2.24, 2.45) is 0 Å². The second kappa shape index (κ2) is 8.98. The largest absolute Gasteiger partial charge is 0.493 e. The van der Waals surface area contributed by atoms with E-state index in [-0.39, 0.29) is 5.91 Å². The number of morpholine rings is 1. The molecule has 1 aliphatic rings. The number of benzene rings is 2. The first-order chi connectivity index (χ1) is 15.0.